The molecule has 11 atom stereocenters. The summed E-state index contributed by atoms with van der Waals surface area (Å²) in [5.41, 5.74) is -3.30. The fourth-order valence-corrected chi connectivity index (χ4v) is 6.70. The summed E-state index contributed by atoms with van der Waals surface area (Å²) in [5.74, 6) is -4.56. The van der Waals surface area contributed by atoms with Gasteiger partial charge in [-0.05, 0) is 19.4 Å². The second kappa shape index (κ2) is 19.3. The maximum Gasteiger partial charge on any atom is 0.473 e. The Morgan fingerprint density at radius 1 is 1.13 bits per heavy atom. The fourth-order valence-electron chi connectivity index (χ4n) is 5.64. The van der Waals surface area contributed by atoms with Crippen molar-refractivity contribution in [2.75, 3.05) is 53.3 Å². The number of aromatic nitrogens is 2. The highest BCUT2D eigenvalue weighted by atomic mass is 31.2. The third-order valence-corrected chi connectivity index (χ3v) is 9.33. The van der Waals surface area contributed by atoms with Crippen molar-refractivity contribution in [2.45, 2.75) is 74.3 Å². The molecule has 296 valence electrons. The van der Waals surface area contributed by atoms with Gasteiger partial charge in [-0.2, -0.15) is 4.98 Å². The highest BCUT2D eigenvalue weighted by Gasteiger charge is 2.57. The molecule has 0 radical (unpaired) electrons. The summed E-state index contributed by atoms with van der Waals surface area (Å²) in [6.07, 6.45) is -14.2. The summed E-state index contributed by atoms with van der Waals surface area (Å²) >= 11 is 0. The molecular formula is C28H45N4O19P. The molecule has 52 heavy (non-hydrogen) atoms. The number of phosphoric acid groups is 1. The van der Waals surface area contributed by atoms with Gasteiger partial charge in [-0.3, -0.25) is 18.4 Å². The third kappa shape index (κ3) is 11.4. The normalized spacial score (nSPS) is 29.8. The van der Waals surface area contributed by atoms with Crippen LogP contribution < -0.4 is 16.3 Å². The van der Waals surface area contributed by atoms with Crippen molar-refractivity contribution >= 4 is 25.8 Å². The molecular weight excluding hydrogens is 727 g/mol. The first kappa shape index (κ1) is 43.2. The number of aliphatic hydroxyl groups is 6. The standard InChI is InChI=1S/C28H45N4O19P/c1-14-3-4-32(26(42)30-14)24-23(39)22(38)18(50-24)13-49-52(44,45)51-28(25(40)41)9-15(21(37)17(35)12-33)20(16(34)10-28)31-19(36)11-29-27(43)48-8-7-47-6-5-46-2/h3-4,15-18,20-24,33-35,37-39H,5-13H2,1-2H3,(H,29,43)(H,31,36)(H,40,41)(H,44,45)/t15?,16?,17-,18?,20?,21+,22-,23-,24?,28?/m1/s1. The Morgan fingerprint density at radius 3 is 2.46 bits per heavy atom. The molecule has 3 rings (SSSR count). The van der Waals surface area contributed by atoms with Gasteiger partial charge in [-0.1, -0.05) is 0 Å². The van der Waals surface area contributed by atoms with Crippen molar-refractivity contribution in [3.8, 4) is 0 Å². The highest BCUT2D eigenvalue weighted by Crippen LogP contribution is 2.53. The Bertz CT molecular complexity index is 1470. The van der Waals surface area contributed by atoms with Crippen LogP contribution in [0.25, 0.3) is 0 Å². The number of nitrogens with one attached hydrogen (secondary N) is 2. The number of carboxylic acids is 1. The minimum absolute atomic E-state index is 0.0392. The van der Waals surface area contributed by atoms with Gasteiger partial charge < -0.3 is 70.2 Å². The summed E-state index contributed by atoms with van der Waals surface area (Å²) in [4.78, 5) is 63.7. The highest BCUT2D eigenvalue weighted by molar-refractivity contribution is 7.47. The van der Waals surface area contributed by atoms with Crippen LogP contribution in [0, 0.1) is 12.8 Å². The van der Waals surface area contributed by atoms with Crippen molar-refractivity contribution < 1.29 is 87.6 Å². The lowest BCUT2D eigenvalue weighted by atomic mass is 9.70. The van der Waals surface area contributed by atoms with E-state index in [-0.39, 0.29) is 19.8 Å². The van der Waals surface area contributed by atoms with Crippen LogP contribution in [0.4, 0.5) is 4.79 Å². The molecule has 1 aliphatic carbocycles. The molecule has 0 bridgehead atoms. The second-order valence-electron chi connectivity index (χ2n) is 12.0. The number of carbonyl (C=O) groups excluding carboxylic acids is 2. The molecule has 23 nitrogen and oxygen atoms in total. The molecule has 0 aromatic carbocycles. The minimum atomic E-state index is -5.49. The average molecular weight is 773 g/mol. The zero-order valence-electron chi connectivity index (χ0n) is 28.1. The SMILES string of the molecule is COCCOCCOC(=O)NCC(=O)NC1C(O)CC(OP(=O)(O)OCC2OC(n3ccc(C)nc3=O)[C@H](O)[C@@H]2O)(C(=O)O)CC1[C@H](O)[C@H](O)CO. The number of hydrogen-bond donors (Lipinski definition) is 10. The zero-order chi connectivity index (χ0) is 38.8. The van der Waals surface area contributed by atoms with Crippen molar-refractivity contribution in [1.82, 2.24) is 20.2 Å². The van der Waals surface area contributed by atoms with E-state index in [0.29, 0.717) is 12.3 Å². The molecule has 24 heteroatoms. The number of amides is 2. The Kier molecular flexibility index (Phi) is 16.0. The van der Waals surface area contributed by atoms with Gasteiger partial charge in [0.2, 0.25) is 5.91 Å². The number of aryl methyl sites for hydroxylation is 1. The van der Waals surface area contributed by atoms with Gasteiger partial charge in [0.1, 0.15) is 37.6 Å². The summed E-state index contributed by atoms with van der Waals surface area (Å²) in [6.45, 7) is -0.774. The van der Waals surface area contributed by atoms with Crippen molar-refractivity contribution in [3.05, 3.63) is 28.4 Å². The predicted molar refractivity (Wildman–Crippen MR) is 168 cm³/mol. The number of methoxy groups -OCH3 is 1. The Morgan fingerprint density at radius 2 is 1.83 bits per heavy atom. The number of alkyl carbamates (subject to hydrolysis) is 1. The van der Waals surface area contributed by atoms with Crippen LogP contribution in [0.15, 0.2) is 17.1 Å². The van der Waals surface area contributed by atoms with E-state index < -0.39 is 124 Å². The minimum Gasteiger partial charge on any atom is -0.479 e. The topological polar surface area (TPSA) is 344 Å². The third-order valence-electron chi connectivity index (χ3n) is 8.28. The van der Waals surface area contributed by atoms with Gasteiger partial charge in [-0.15, -0.1) is 0 Å². The molecule has 1 aromatic rings. The first-order valence-electron chi connectivity index (χ1n) is 15.9. The van der Waals surface area contributed by atoms with E-state index in [1.165, 1.54) is 26.3 Å². The van der Waals surface area contributed by atoms with E-state index in [0.717, 1.165) is 4.57 Å². The molecule has 1 aromatic heterocycles. The molecule has 0 spiro atoms. The Balaban J connectivity index is 1.69. The Labute approximate surface area is 295 Å². The first-order chi connectivity index (χ1) is 24.4. The van der Waals surface area contributed by atoms with Crippen LogP contribution in [0.3, 0.4) is 0 Å². The van der Waals surface area contributed by atoms with Gasteiger partial charge >= 0.3 is 25.6 Å². The quantitative estimate of drug-likeness (QED) is 0.0468. The van der Waals surface area contributed by atoms with Gasteiger partial charge in [-0.25, -0.2) is 18.9 Å². The number of nitrogens with zero attached hydrogens (tertiary/aromatic N) is 2. The van der Waals surface area contributed by atoms with Crippen LogP contribution in [0.2, 0.25) is 0 Å². The number of carbonyl (C=O) groups is 3. The number of aliphatic carboxylic acids is 1. The van der Waals surface area contributed by atoms with E-state index in [1.54, 1.807) is 0 Å². The first-order valence-corrected chi connectivity index (χ1v) is 17.4. The van der Waals surface area contributed by atoms with E-state index in [1.807, 2.05) is 0 Å². The number of aliphatic hydroxyl groups excluding tert-OH is 6. The van der Waals surface area contributed by atoms with Crippen molar-refractivity contribution in [1.29, 1.82) is 0 Å². The van der Waals surface area contributed by atoms with Crippen LogP contribution in [0.1, 0.15) is 24.8 Å². The monoisotopic (exact) mass is 772 g/mol. The maximum atomic E-state index is 13.1. The largest absolute Gasteiger partial charge is 0.479 e. The fraction of sp³-hybridized carbons (Fsp3) is 0.750. The predicted octanol–water partition coefficient (Wildman–Crippen LogP) is -4.51. The van der Waals surface area contributed by atoms with E-state index in [9.17, 15) is 64.4 Å². The lowest BCUT2D eigenvalue weighted by Crippen LogP contribution is -2.64. The van der Waals surface area contributed by atoms with E-state index in [4.69, 9.17) is 28.0 Å². The summed E-state index contributed by atoms with van der Waals surface area (Å²) in [7, 11) is -4.01. The molecule has 7 unspecified atom stereocenters. The number of phosphoric ester groups is 1. The van der Waals surface area contributed by atoms with Crippen molar-refractivity contribution in [2.24, 2.45) is 5.92 Å². The average Bonchev–Trinajstić information content (AvgIpc) is 3.36. The molecule has 10 N–H and O–H groups in total. The molecule has 1 aliphatic heterocycles. The maximum absolute atomic E-state index is 13.1. The van der Waals surface area contributed by atoms with Crippen LogP contribution in [-0.2, 0) is 42.1 Å². The van der Waals surface area contributed by atoms with Crippen LogP contribution in [-0.4, -0.2) is 170 Å². The van der Waals surface area contributed by atoms with Crippen LogP contribution in [0.5, 0.6) is 0 Å². The van der Waals surface area contributed by atoms with Gasteiger partial charge in [0.25, 0.3) is 0 Å². The second-order valence-corrected chi connectivity index (χ2v) is 13.4. The number of rotatable bonds is 19. The van der Waals surface area contributed by atoms with Gasteiger partial charge in [0, 0.05) is 31.3 Å². The summed E-state index contributed by atoms with van der Waals surface area (Å²) in [5, 5.41) is 77.0. The van der Waals surface area contributed by atoms with Crippen LogP contribution >= 0.6 is 7.82 Å². The molecule has 1 saturated carbocycles. The molecule has 2 fully saturated rings. The van der Waals surface area contributed by atoms with Gasteiger partial charge in [0.15, 0.2) is 11.8 Å². The number of ether oxygens (including phenoxy) is 4. The van der Waals surface area contributed by atoms with E-state index in [2.05, 4.69) is 15.6 Å². The van der Waals surface area contributed by atoms with Gasteiger partial charge in [0.05, 0.1) is 51.3 Å². The summed E-state index contributed by atoms with van der Waals surface area (Å²) < 4.78 is 44.2. The lowest BCUT2D eigenvalue weighted by Gasteiger charge is -2.46. The summed E-state index contributed by atoms with van der Waals surface area (Å²) in [6, 6.07) is -0.142. The molecule has 1 saturated heterocycles. The zero-order valence-corrected chi connectivity index (χ0v) is 29.0. The van der Waals surface area contributed by atoms with E-state index >= 15 is 0 Å². The molecule has 2 heterocycles. The number of hydrogen-bond acceptors (Lipinski definition) is 18. The smallest absolute Gasteiger partial charge is 0.473 e. The lowest BCUT2D eigenvalue weighted by molar-refractivity contribution is -0.176. The molecule has 2 aliphatic rings. The Hall–Kier alpha value is -3.16. The van der Waals surface area contributed by atoms with Crippen molar-refractivity contribution in [3.63, 3.8) is 0 Å². The number of carboxylic acid groups (broad SMARTS) is 1. The molecule has 2 amide bonds.